The van der Waals surface area contributed by atoms with Gasteiger partial charge in [0, 0.05) is 12.0 Å². The van der Waals surface area contributed by atoms with Crippen LogP contribution < -0.4 is 4.74 Å². The van der Waals surface area contributed by atoms with Crippen molar-refractivity contribution in [2.24, 2.45) is 0 Å². The van der Waals surface area contributed by atoms with Gasteiger partial charge >= 0.3 is 0 Å². The standard InChI is InChI=1S/C19H16O2/c1-21-18-8-4-5-14(11-18)12-19(20)17-10-9-15-6-2-3-7-16(15)13-17/h2-11,13H,12H2,1H3. The topological polar surface area (TPSA) is 26.3 Å². The van der Waals surface area contributed by atoms with E-state index < -0.39 is 0 Å². The zero-order valence-corrected chi connectivity index (χ0v) is 11.9. The van der Waals surface area contributed by atoms with Crippen LogP contribution in [-0.4, -0.2) is 12.9 Å². The Hall–Kier alpha value is -2.61. The fourth-order valence-electron chi connectivity index (χ4n) is 2.43. The van der Waals surface area contributed by atoms with Gasteiger partial charge in [0.05, 0.1) is 7.11 Å². The lowest BCUT2D eigenvalue weighted by atomic mass is 10.00. The van der Waals surface area contributed by atoms with Gasteiger partial charge in [-0.2, -0.15) is 0 Å². The van der Waals surface area contributed by atoms with Crippen molar-refractivity contribution in [2.45, 2.75) is 6.42 Å². The van der Waals surface area contributed by atoms with Crippen LogP contribution in [0.3, 0.4) is 0 Å². The quantitative estimate of drug-likeness (QED) is 0.665. The molecule has 0 saturated heterocycles. The normalized spacial score (nSPS) is 10.5. The lowest BCUT2D eigenvalue weighted by Crippen LogP contribution is -2.03. The Morgan fingerprint density at radius 2 is 1.71 bits per heavy atom. The first-order valence-electron chi connectivity index (χ1n) is 6.91. The van der Waals surface area contributed by atoms with E-state index >= 15 is 0 Å². The van der Waals surface area contributed by atoms with Gasteiger partial charge in [-0.1, -0.05) is 48.5 Å². The van der Waals surface area contributed by atoms with E-state index in [1.165, 1.54) is 0 Å². The molecule has 21 heavy (non-hydrogen) atoms. The van der Waals surface area contributed by atoms with Crippen LogP contribution in [0.4, 0.5) is 0 Å². The number of carbonyl (C=O) groups excluding carboxylic acids is 1. The molecule has 0 saturated carbocycles. The molecule has 0 unspecified atom stereocenters. The fraction of sp³-hybridized carbons (Fsp3) is 0.105. The average molecular weight is 276 g/mol. The van der Waals surface area contributed by atoms with Crippen molar-refractivity contribution in [1.82, 2.24) is 0 Å². The molecule has 0 aliphatic heterocycles. The van der Waals surface area contributed by atoms with Crippen molar-refractivity contribution < 1.29 is 9.53 Å². The Kier molecular flexibility index (Phi) is 3.69. The third-order valence-corrected chi connectivity index (χ3v) is 3.57. The Balaban J connectivity index is 1.86. The minimum atomic E-state index is 0.119. The second-order valence-electron chi connectivity index (χ2n) is 5.01. The molecule has 0 spiro atoms. The van der Waals surface area contributed by atoms with Gasteiger partial charge in [-0.25, -0.2) is 0 Å². The van der Waals surface area contributed by atoms with Gasteiger partial charge in [0.2, 0.25) is 0 Å². The maximum atomic E-state index is 12.4. The number of Topliss-reactive ketones (excluding diaryl/α,β-unsaturated/α-hetero) is 1. The Morgan fingerprint density at radius 3 is 2.52 bits per heavy atom. The fourth-order valence-corrected chi connectivity index (χ4v) is 2.43. The number of fused-ring (bicyclic) bond motifs is 1. The average Bonchev–Trinajstić information content (AvgIpc) is 2.54. The molecule has 3 aromatic carbocycles. The van der Waals surface area contributed by atoms with Crippen LogP contribution in [0.5, 0.6) is 5.75 Å². The Labute approximate surface area is 124 Å². The first-order valence-corrected chi connectivity index (χ1v) is 6.91. The summed E-state index contributed by atoms with van der Waals surface area (Å²) in [7, 11) is 1.63. The molecule has 0 aromatic heterocycles. The maximum Gasteiger partial charge on any atom is 0.167 e. The number of hydrogen-bond donors (Lipinski definition) is 0. The molecular weight excluding hydrogens is 260 g/mol. The highest BCUT2D eigenvalue weighted by Crippen LogP contribution is 2.18. The van der Waals surface area contributed by atoms with Gasteiger partial charge in [0.15, 0.2) is 5.78 Å². The largest absolute Gasteiger partial charge is 0.497 e. The minimum Gasteiger partial charge on any atom is -0.497 e. The van der Waals surface area contributed by atoms with Crippen LogP contribution >= 0.6 is 0 Å². The molecule has 3 rings (SSSR count). The summed E-state index contributed by atoms with van der Waals surface area (Å²) in [5, 5.41) is 2.24. The molecule has 2 nitrogen and oxygen atoms in total. The van der Waals surface area contributed by atoms with Gasteiger partial charge in [-0.3, -0.25) is 4.79 Å². The number of benzene rings is 3. The highest BCUT2D eigenvalue weighted by molar-refractivity contribution is 6.01. The van der Waals surface area contributed by atoms with Crippen molar-refractivity contribution in [2.75, 3.05) is 7.11 Å². The van der Waals surface area contributed by atoms with Gasteiger partial charge in [-0.15, -0.1) is 0 Å². The second-order valence-corrected chi connectivity index (χ2v) is 5.01. The molecule has 0 radical (unpaired) electrons. The van der Waals surface area contributed by atoms with Gasteiger partial charge in [0.1, 0.15) is 5.75 Å². The van der Waals surface area contributed by atoms with E-state index in [9.17, 15) is 4.79 Å². The van der Waals surface area contributed by atoms with E-state index in [-0.39, 0.29) is 5.78 Å². The monoisotopic (exact) mass is 276 g/mol. The lowest BCUT2D eigenvalue weighted by Gasteiger charge is -2.05. The molecule has 0 amide bonds. The summed E-state index contributed by atoms with van der Waals surface area (Å²) in [5.41, 5.74) is 1.71. The number of methoxy groups -OCH3 is 1. The summed E-state index contributed by atoms with van der Waals surface area (Å²) < 4.78 is 5.19. The van der Waals surface area contributed by atoms with E-state index in [0.717, 1.165) is 27.6 Å². The summed E-state index contributed by atoms with van der Waals surface area (Å²) in [6.45, 7) is 0. The molecule has 0 atom stereocenters. The number of rotatable bonds is 4. The highest BCUT2D eigenvalue weighted by Gasteiger charge is 2.08. The number of ketones is 1. The predicted molar refractivity (Wildman–Crippen MR) is 85.0 cm³/mol. The zero-order chi connectivity index (χ0) is 14.7. The third kappa shape index (κ3) is 2.95. The molecule has 0 aliphatic carbocycles. The first-order chi connectivity index (χ1) is 10.3. The molecule has 0 fully saturated rings. The Morgan fingerprint density at radius 1 is 0.905 bits per heavy atom. The summed E-state index contributed by atoms with van der Waals surface area (Å²) >= 11 is 0. The van der Waals surface area contributed by atoms with Crippen molar-refractivity contribution >= 4 is 16.6 Å². The van der Waals surface area contributed by atoms with Crippen LogP contribution in [0.1, 0.15) is 15.9 Å². The van der Waals surface area contributed by atoms with Crippen LogP contribution in [-0.2, 0) is 6.42 Å². The van der Waals surface area contributed by atoms with Crippen LogP contribution in [0.15, 0.2) is 66.7 Å². The maximum absolute atomic E-state index is 12.4. The highest BCUT2D eigenvalue weighted by atomic mass is 16.5. The number of carbonyl (C=O) groups is 1. The summed E-state index contributed by atoms with van der Waals surface area (Å²) in [5.74, 6) is 0.896. The van der Waals surface area contributed by atoms with Gasteiger partial charge < -0.3 is 4.74 Å². The van der Waals surface area contributed by atoms with Crippen LogP contribution in [0.25, 0.3) is 10.8 Å². The van der Waals surface area contributed by atoms with Crippen LogP contribution in [0.2, 0.25) is 0 Å². The van der Waals surface area contributed by atoms with Crippen molar-refractivity contribution in [1.29, 1.82) is 0 Å². The smallest absolute Gasteiger partial charge is 0.167 e. The summed E-state index contributed by atoms with van der Waals surface area (Å²) in [4.78, 5) is 12.4. The van der Waals surface area contributed by atoms with E-state index in [0.29, 0.717) is 6.42 Å². The molecule has 0 heterocycles. The lowest BCUT2D eigenvalue weighted by molar-refractivity contribution is 0.0993. The van der Waals surface area contributed by atoms with Crippen molar-refractivity contribution in [3.05, 3.63) is 77.9 Å². The molecule has 0 aliphatic rings. The molecule has 3 aromatic rings. The third-order valence-electron chi connectivity index (χ3n) is 3.57. The molecule has 2 heteroatoms. The number of ether oxygens (including phenoxy) is 1. The minimum absolute atomic E-state index is 0.119. The van der Waals surface area contributed by atoms with E-state index in [2.05, 4.69) is 0 Å². The SMILES string of the molecule is COc1cccc(CC(=O)c2ccc3ccccc3c2)c1. The summed E-state index contributed by atoms with van der Waals surface area (Å²) in [6.07, 6.45) is 0.384. The molecular formula is C19H16O2. The molecule has 0 N–H and O–H groups in total. The van der Waals surface area contributed by atoms with Gasteiger partial charge in [-0.05, 0) is 34.5 Å². The van der Waals surface area contributed by atoms with E-state index in [4.69, 9.17) is 4.74 Å². The zero-order valence-electron chi connectivity index (χ0n) is 11.9. The predicted octanol–water partition coefficient (Wildman–Crippen LogP) is 4.27. The van der Waals surface area contributed by atoms with E-state index in [1.807, 2.05) is 66.7 Å². The van der Waals surface area contributed by atoms with Crippen molar-refractivity contribution in [3.63, 3.8) is 0 Å². The summed E-state index contributed by atoms with van der Waals surface area (Å²) in [6, 6.07) is 21.5. The molecule has 0 bridgehead atoms. The van der Waals surface area contributed by atoms with Crippen LogP contribution in [0, 0.1) is 0 Å². The number of hydrogen-bond acceptors (Lipinski definition) is 2. The Bertz CT molecular complexity index is 790. The molecule has 104 valence electrons. The van der Waals surface area contributed by atoms with E-state index in [1.54, 1.807) is 7.11 Å². The van der Waals surface area contributed by atoms with Gasteiger partial charge in [0.25, 0.3) is 0 Å². The first kappa shape index (κ1) is 13.4. The van der Waals surface area contributed by atoms with Crippen molar-refractivity contribution in [3.8, 4) is 5.75 Å². The second kappa shape index (κ2) is 5.80.